The van der Waals surface area contributed by atoms with Gasteiger partial charge in [-0.2, -0.15) is 0 Å². The van der Waals surface area contributed by atoms with Gasteiger partial charge in [0.1, 0.15) is 5.54 Å². The average Bonchev–Trinajstić information content (AvgIpc) is 2.31. The number of nitrogens with two attached hydrogens (primary N) is 1. The molecule has 5 nitrogen and oxygen atoms in total. The molecule has 0 aromatic rings. The van der Waals surface area contributed by atoms with Crippen molar-refractivity contribution >= 4 is 11.9 Å². The topological polar surface area (TPSA) is 81.4 Å². The largest absolute Gasteiger partial charge is 0.467 e. The van der Waals surface area contributed by atoms with E-state index in [1.54, 1.807) is 0 Å². The number of methoxy groups -OCH3 is 1. The van der Waals surface area contributed by atoms with Gasteiger partial charge >= 0.3 is 5.97 Å². The predicted octanol–water partition coefficient (Wildman–Crippen LogP) is 0.183. The van der Waals surface area contributed by atoms with Crippen molar-refractivity contribution in [2.24, 2.45) is 11.7 Å². The molecule has 1 aliphatic carbocycles. The van der Waals surface area contributed by atoms with Crippen molar-refractivity contribution in [1.29, 1.82) is 0 Å². The van der Waals surface area contributed by atoms with Crippen molar-refractivity contribution in [2.45, 2.75) is 38.1 Å². The molecule has 0 saturated heterocycles. The molecular weight excluding hydrogens is 208 g/mol. The second kappa shape index (κ2) is 5.30. The molecule has 1 fully saturated rings. The number of hydrogen-bond acceptors (Lipinski definition) is 4. The normalized spacial score (nSPS) is 29.6. The van der Waals surface area contributed by atoms with Crippen LogP contribution in [-0.2, 0) is 14.3 Å². The quantitative estimate of drug-likeness (QED) is 0.675. The van der Waals surface area contributed by atoms with Gasteiger partial charge in [0, 0.05) is 0 Å². The first-order chi connectivity index (χ1) is 7.54. The Kier molecular flexibility index (Phi) is 4.29. The Morgan fingerprint density at radius 1 is 1.44 bits per heavy atom. The van der Waals surface area contributed by atoms with Crippen LogP contribution < -0.4 is 11.1 Å². The molecule has 5 heteroatoms. The fourth-order valence-electron chi connectivity index (χ4n) is 2.15. The lowest BCUT2D eigenvalue weighted by molar-refractivity contribution is -0.152. The molecular formula is C11H20N2O3. The maximum absolute atomic E-state index is 11.8. The van der Waals surface area contributed by atoms with Crippen LogP contribution in [0.15, 0.2) is 0 Å². The van der Waals surface area contributed by atoms with Crippen molar-refractivity contribution in [3.05, 3.63) is 0 Å². The lowest BCUT2D eigenvalue weighted by Crippen LogP contribution is -2.57. The molecule has 0 atom stereocenters. The van der Waals surface area contributed by atoms with Gasteiger partial charge in [-0.15, -0.1) is 0 Å². The molecule has 0 unspecified atom stereocenters. The van der Waals surface area contributed by atoms with Gasteiger partial charge in [0.2, 0.25) is 5.91 Å². The number of rotatable bonds is 3. The Bertz CT molecular complexity index is 270. The van der Waals surface area contributed by atoms with Crippen molar-refractivity contribution < 1.29 is 14.3 Å². The smallest absolute Gasteiger partial charge is 0.331 e. The molecule has 0 radical (unpaired) electrons. The van der Waals surface area contributed by atoms with Crippen molar-refractivity contribution in [2.75, 3.05) is 13.7 Å². The van der Waals surface area contributed by atoms with Crippen LogP contribution in [0, 0.1) is 5.92 Å². The van der Waals surface area contributed by atoms with E-state index in [9.17, 15) is 9.59 Å². The third-order valence-electron chi connectivity index (χ3n) is 3.27. The van der Waals surface area contributed by atoms with Crippen molar-refractivity contribution in [1.82, 2.24) is 5.32 Å². The summed E-state index contributed by atoms with van der Waals surface area (Å²) in [5, 5.41) is 2.71. The molecule has 92 valence electrons. The molecule has 0 spiro atoms. The molecule has 1 saturated carbocycles. The zero-order valence-corrected chi connectivity index (χ0v) is 9.91. The summed E-state index contributed by atoms with van der Waals surface area (Å²) in [7, 11) is 1.34. The molecule has 3 N–H and O–H groups in total. The van der Waals surface area contributed by atoms with Gasteiger partial charge in [-0.1, -0.05) is 6.92 Å². The summed E-state index contributed by atoms with van der Waals surface area (Å²) in [5.41, 5.74) is 4.40. The van der Waals surface area contributed by atoms with E-state index in [0.29, 0.717) is 18.8 Å². The highest BCUT2D eigenvalue weighted by molar-refractivity contribution is 5.88. The molecule has 1 aliphatic rings. The number of esters is 1. The minimum Gasteiger partial charge on any atom is -0.467 e. The van der Waals surface area contributed by atoms with Gasteiger partial charge in [0.25, 0.3) is 0 Å². The summed E-state index contributed by atoms with van der Waals surface area (Å²) in [6.07, 6.45) is 3.10. The number of amides is 1. The number of ether oxygens (including phenoxy) is 1. The maximum atomic E-state index is 11.8. The van der Waals surface area contributed by atoms with E-state index < -0.39 is 5.54 Å². The molecule has 16 heavy (non-hydrogen) atoms. The highest BCUT2D eigenvalue weighted by Gasteiger charge is 2.43. The average molecular weight is 228 g/mol. The van der Waals surface area contributed by atoms with Crippen LogP contribution in [0.2, 0.25) is 0 Å². The lowest BCUT2D eigenvalue weighted by Gasteiger charge is -2.37. The SMILES string of the molecule is COC(=O)C1(NC(=O)CN)CCC(C)CC1. The minimum atomic E-state index is -0.849. The number of carbonyl (C=O) groups excluding carboxylic acids is 2. The molecule has 0 heterocycles. The highest BCUT2D eigenvalue weighted by atomic mass is 16.5. The van der Waals surface area contributed by atoms with Gasteiger partial charge in [0.15, 0.2) is 0 Å². The molecule has 0 bridgehead atoms. The fraction of sp³-hybridized carbons (Fsp3) is 0.818. The zero-order valence-electron chi connectivity index (χ0n) is 9.91. The van der Waals surface area contributed by atoms with Crippen LogP contribution in [0.1, 0.15) is 32.6 Å². The summed E-state index contributed by atoms with van der Waals surface area (Å²) in [6.45, 7) is 2.04. The molecule has 0 aromatic carbocycles. The van der Waals surface area contributed by atoms with E-state index in [-0.39, 0.29) is 18.4 Å². The van der Waals surface area contributed by atoms with Crippen molar-refractivity contribution in [3.8, 4) is 0 Å². The second-order valence-corrected chi connectivity index (χ2v) is 4.51. The van der Waals surface area contributed by atoms with E-state index in [0.717, 1.165) is 12.8 Å². The van der Waals surface area contributed by atoms with Crippen LogP contribution >= 0.6 is 0 Å². The fourth-order valence-corrected chi connectivity index (χ4v) is 2.15. The first-order valence-corrected chi connectivity index (χ1v) is 5.63. The van der Waals surface area contributed by atoms with Crippen LogP contribution in [0.4, 0.5) is 0 Å². The number of nitrogens with one attached hydrogen (secondary N) is 1. The summed E-state index contributed by atoms with van der Waals surface area (Å²) < 4.78 is 4.78. The van der Waals surface area contributed by atoms with Gasteiger partial charge < -0.3 is 15.8 Å². The number of carbonyl (C=O) groups is 2. The van der Waals surface area contributed by atoms with E-state index in [2.05, 4.69) is 12.2 Å². The van der Waals surface area contributed by atoms with E-state index in [4.69, 9.17) is 10.5 Å². The molecule has 1 rings (SSSR count). The molecule has 0 aromatic heterocycles. The monoisotopic (exact) mass is 228 g/mol. The highest BCUT2D eigenvalue weighted by Crippen LogP contribution is 2.32. The summed E-state index contributed by atoms with van der Waals surface area (Å²) in [6, 6.07) is 0. The van der Waals surface area contributed by atoms with Crippen LogP contribution in [0.25, 0.3) is 0 Å². The number of hydrogen-bond donors (Lipinski definition) is 2. The maximum Gasteiger partial charge on any atom is 0.331 e. The van der Waals surface area contributed by atoms with Gasteiger partial charge in [-0.25, -0.2) is 4.79 Å². The Morgan fingerprint density at radius 3 is 2.44 bits per heavy atom. The summed E-state index contributed by atoms with van der Waals surface area (Å²) in [5.74, 6) is -0.0753. The molecule has 1 amide bonds. The molecule has 0 aliphatic heterocycles. The first kappa shape index (κ1) is 13.0. The Hall–Kier alpha value is -1.10. The van der Waals surface area contributed by atoms with Gasteiger partial charge in [0.05, 0.1) is 13.7 Å². The van der Waals surface area contributed by atoms with E-state index in [1.165, 1.54) is 7.11 Å². The zero-order chi connectivity index (χ0) is 12.2. The third kappa shape index (κ3) is 2.72. The second-order valence-electron chi connectivity index (χ2n) is 4.51. The standard InChI is InChI=1S/C11H20N2O3/c1-8-3-5-11(6-4-8,10(15)16-2)13-9(14)7-12/h8H,3-7,12H2,1-2H3,(H,13,14). The predicted molar refractivity (Wildman–Crippen MR) is 59.6 cm³/mol. The Balaban J connectivity index is 2.77. The van der Waals surface area contributed by atoms with Gasteiger partial charge in [-0.05, 0) is 31.6 Å². The Morgan fingerprint density at radius 2 is 2.00 bits per heavy atom. The third-order valence-corrected chi connectivity index (χ3v) is 3.27. The Labute approximate surface area is 95.7 Å². The van der Waals surface area contributed by atoms with Crippen LogP contribution in [0.5, 0.6) is 0 Å². The van der Waals surface area contributed by atoms with Crippen molar-refractivity contribution in [3.63, 3.8) is 0 Å². The van der Waals surface area contributed by atoms with Crippen LogP contribution in [0.3, 0.4) is 0 Å². The van der Waals surface area contributed by atoms with E-state index >= 15 is 0 Å². The van der Waals surface area contributed by atoms with Crippen LogP contribution in [-0.4, -0.2) is 31.1 Å². The first-order valence-electron chi connectivity index (χ1n) is 5.63. The summed E-state index contributed by atoms with van der Waals surface area (Å²) >= 11 is 0. The summed E-state index contributed by atoms with van der Waals surface area (Å²) in [4.78, 5) is 23.1. The minimum absolute atomic E-state index is 0.103. The van der Waals surface area contributed by atoms with E-state index in [1.807, 2.05) is 0 Å². The van der Waals surface area contributed by atoms with Gasteiger partial charge in [-0.3, -0.25) is 4.79 Å². The lowest BCUT2D eigenvalue weighted by atomic mass is 9.77.